The lowest BCUT2D eigenvalue weighted by molar-refractivity contribution is 0.0698. The number of nitrogen functional groups attached to an aromatic ring is 1. The average molecular weight is 265 g/mol. The number of β-amino-alcohol motifs (C(OH)–C–C–N with tert-alkyl or cyclic N) is 1. The second-order valence-electron chi connectivity index (χ2n) is 4.63. The zero-order valence-corrected chi connectivity index (χ0v) is 10.7. The molecule has 1 fully saturated rings. The predicted octanol–water partition coefficient (Wildman–Crippen LogP) is 0.0813. The van der Waals surface area contributed by atoms with Crippen LogP contribution in [0.25, 0.3) is 0 Å². The number of rotatable bonds is 4. The van der Waals surface area contributed by atoms with Crippen molar-refractivity contribution in [2.75, 3.05) is 50.0 Å². The van der Waals surface area contributed by atoms with Gasteiger partial charge in [-0.05, 0) is 18.2 Å². The number of aliphatic hydroxyl groups excluding tert-OH is 1. The van der Waals surface area contributed by atoms with Gasteiger partial charge >= 0.3 is 5.97 Å². The summed E-state index contributed by atoms with van der Waals surface area (Å²) in [6.45, 7) is 4.24. The maximum Gasteiger partial charge on any atom is 0.337 e. The Balaban J connectivity index is 2.07. The van der Waals surface area contributed by atoms with Crippen molar-refractivity contribution in [3.8, 4) is 0 Å². The van der Waals surface area contributed by atoms with Crippen LogP contribution in [0.4, 0.5) is 11.4 Å². The maximum atomic E-state index is 11.1. The highest BCUT2D eigenvalue weighted by Crippen LogP contribution is 2.22. The number of aromatic carboxylic acids is 1. The number of aliphatic hydroxyl groups is 1. The first kappa shape index (κ1) is 13.6. The van der Waals surface area contributed by atoms with Crippen LogP contribution in [0.5, 0.6) is 0 Å². The monoisotopic (exact) mass is 265 g/mol. The highest BCUT2D eigenvalue weighted by Gasteiger charge is 2.18. The van der Waals surface area contributed by atoms with E-state index in [0.717, 1.165) is 31.9 Å². The molecule has 104 valence electrons. The first-order chi connectivity index (χ1) is 9.11. The summed E-state index contributed by atoms with van der Waals surface area (Å²) in [6.07, 6.45) is 0. The van der Waals surface area contributed by atoms with Gasteiger partial charge in [0, 0.05) is 44.1 Å². The Hall–Kier alpha value is -1.79. The normalized spacial score (nSPS) is 16.6. The van der Waals surface area contributed by atoms with Gasteiger partial charge in [-0.25, -0.2) is 4.79 Å². The van der Waals surface area contributed by atoms with Crippen molar-refractivity contribution in [3.05, 3.63) is 23.8 Å². The summed E-state index contributed by atoms with van der Waals surface area (Å²) >= 11 is 0. The number of carboxylic acid groups (broad SMARTS) is 1. The molecule has 1 heterocycles. The molecule has 6 heteroatoms. The molecule has 1 aromatic rings. The highest BCUT2D eigenvalue weighted by atomic mass is 16.4. The Morgan fingerprint density at radius 2 is 1.95 bits per heavy atom. The van der Waals surface area contributed by atoms with E-state index in [1.54, 1.807) is 12.1 Å². The number of nitrogens with two attached hydrogens (primary N) is 1. The topological polar surface area (TPSA) is 90.0 Å². The molecule has 0 atom stereocenters. The van der Waals surface area contributed by atoms with E-state index < -0.39 is 5.97 Å². The molecule has 19 heavy (non-hydrogen) atoms. The third kappa shape index (κ3) is 3.15. The minimum absolute atomic E-state index is 0.148. The molecule has 4 N–H and O–H groups in total. The van der Waals surface area contributed by atoms with E-state index in [0.29, 0.717) is 6.54 Å². The summed E-state index contributed by atoms with van der Waals surface area (Å²) in [6, 6.07) is 5.11. The molecule has 0 unspecified atom stereocenters. The summed E-state index contributed by atoms with van der Waals surface area (Å²) in [5.74, 6) is -1.00. The smallest absolute Gasteiger partial charge is 0.337 e. The van der Waals surface area contributed by atoms with Gasteiger partial charge in [0.25, 0.3) is 0 Å². The van der Waals surface area contributed by atoms with Crippen LogP contribution in [0.3, 0.4) is 0 Å². The van der Waals surface area contributed by atoms with E-state index in [2.05, 4.69) is 9.80 Å². The third-order valence-corrected chi connectivity index (χ3v) is 3.42. The van der Waals surface area contributed by atoms with Gasteiger partial charge < -0.3 is 20.8 Å². The first-order valence-electron chi connectivity index (χ1n) is 6.33. The average Bonchev–Trinajstić information content (AvgIpc) is 2.40. The Labute approximate surface area is 112 Å². The molecule has 1 aliphatic rings. The van der Waals surface area contributed by atoms with Gasteiger partial charge in [-0.2, -0.15) is 0 Å². The fourth-order valence-corrected chi connectivity index (χ4v) is 2.30. The van der Waals surface area contributed by atoms with Gasteiger partial charge in [-0.15, -0.1) is 0 Å². The number of carboxylic acids is 1. The van der Waals surface area contributed by atoms with Crippen molar-refractivity contribution in [2.24, 2.45) is 0 Å². The molecule has 1 aliphatic heterocycles. The fraction of sp³-hybridized carbons (Fsp3) is 0.462. The zero-order valence-electron chi connectivity index (χ0n) is 10.7. The van der Waals surface area contributed by atoms with Gasteiger partial charge in [0.1, 0.15) is 0 Å². The summed E-state index contributed by atoms with van der Waals surface area (Å²) in [7, 11) is 0. The van der Waals surface area contributed by atoms with Crippen molar-refractivity contribution in [1.29, 1.82) is 0 Å². The molecule has 1 aromatic carbocycles. The number of piperazine rings is 1. The summed E-state index contributed by atoms with van der Waals surface area (Å²) in [5, 5.41) is 18.0. The molecule has 0 bridgehead atoms. The summed E-state index contributed by atoms with van der Waals surface area (Å²) < 4.78 is 0. The maximum absolute atomic E-state index is 11.1. The quantitative estimate of drug-likeness (QED) is 0.668. The standard InChI is InChI=1S/C13H19N3O3/c14-12-2-1-10(9-11(12)13(18)19)16-5-3-15(4-6-16)7-8-17/h1-2,9,17H,3-8,14H2,(H,18,19). The molecule has 1 saturated heterocycles. The van der Waals surface area contributed by atoms with Gasteiger partial charge in [0.2, 0.25) is 0 Å². The Kier molecular flexibility index (Phi) is 4.24. The van der Waals surface area contributed by atoms with E-state index >= 15 is 0 Å². The number of benzene rings is 1. The highest BCUT2D eigenvalue weighted by molar-refractivity contribution is 5.94. The number of carbonyl (C=O) groups is 1. The molecule has 0 spiro atoms. The van der Waals surface area contributed by atoms with Gasteiger partial charge in [0.15, 0.2) is 0 Å². The lowest BCUT2D eigenvalue weighted by Gasteiger charge is -2.35. The minimum atomic E-state index is -1.00. The Bertz CT molecular complexity index is 456. The summed E-state index contributed by atoms with van der Waals surface area (Å²) in [4.78, 5) is 15.4. The number of anilines is 2. The molecule has 0 saturated carbocycles. The molecule has 0 aliphatic carbocycles. The van der Waals surface area contributed by atoms with E-state index in [4.69, 9.17) is 15.9 Å². The van der Waals surface area contributed by atoms with Crippen LogP contribution in [0.2, 0.25) is 0 Å². The second-order valence-corrected chi connectivity index (χ2v) is 4.63. The van der Waals surface area contributed by atoms with Crippen molar-refractivity contribution in [3.63, 3.8) is 0 Å². The van der Waals surface area contributed by atoms with Crippen LogP contribution in [0.15, 0.2) is 18.2 Å². The van der Waals surface area contributed by atoms with Gasteiger partial charge in [0.05, 0.1) is 12.2 Å². The molecular formula is C13H19N3O3. The SMILES string of the molecule is Nc1ccc(N2CCN(CCO)CC2)cc1C(=O)O. The van der Waals surface area contributed by atoms with Crippen LogP contribution in [-0.4, -0.2) is 60.4 Å². The number of nitrogens with zero attached hydrogens (tertiary/aromatic N) is 2. The van der Waals surface area contributed by atoms with Gasteiger partial charge in [-0.3, -0.25) is 4.90 Å². The molecular weight excluding hydrogens is 246 g/mol. The van der Waals surface area contributed by atoms with Crippen LogP contribution < -0.4 is 10.6 Å². The van der Waals surface area contributed by atoms with Crippen LogP contribution in [0.1, 0.15) is 10.4 Å². The third-order valence-electron chi connectivity index (χ3n) is 3.42. The fourth-order valence-electron chi connectivity index (χ4n) is 2.30. The van der Waals surface area contributed by atoms with Crippen LogP contribution in [0, 0.1) is 0 Å². The Morgan fingerprint density at radius 3 is 2.53 bits per heavy atom. The molecule has 0 radical (unpaired) electrons. The molecule has 2 rings (SSSR count). The second kappa shape index (κ2) is 5.90. The van der Waals surface area contributed by atoms with Crippen LogP contribution in [-0.2, 0) is 0 Å². The van der Waals surface area contributed by atoms with Crippen molar-refractivity contribution >= 4 is 17.3 Å². The first-order valence-corrected chi connectivity index (χ1v) is 6.33. The predicted molar refractivity (Wildman–Crippen MR) is 73.6 cm³/mol. The van der Waals surface area contributed by atoms with E-state index in [1.165, 1.54) is 0 Å². The largest absolute Gasteiger partial charge is 0.478 e. The van der Waals surface area contributed by atoms with Gasteiger partial charge in [-0.1, -0.05) is 0 Å². The van der Waals surface area contributed by atoms with Crippen LogP contribution >= 0.6 is 0 Å². The minimum Gasteiger partial charge on any atom is -0.478 e. The lowest BCUT2D eigenvalue weighted by Crippen LogP contribution is -2.47. The Morgan fingerprint density at radius 1 is 1.26 bits per heavy atom. The van der Waals surface area contributed by atoms with E-state index in [-0.39, 0.29) is 17.9 Å². The summed E-state index contributed by atoms with van der Waals surface area (Å²) in [5.41, 5.74) is 6.97. The van der Waals surface area contributed by atoms with Crippen molar-refractivity contribution < 1.29 is 15.0 Å². The van der Waals surface area contributed by atoms with E-state index in [1.807, 2.05) is 6.07 Å². The lowest BCUT2D eigenvalue weighted by atomic mass is 10.1. The zero-order chi connectivity index (χ0) is 13.8. The molecule has 6 nitrogen and oxygen atoms in total. The van der Waals surface area contributed by atoms with Crippen molar-refractivity contribution in [2.45, 2.75) is 0 Å². The molecule has 0 aromatic heterocycles. The molecule has 0 amide bonds. The number of hydrogen-bond donors (Lipinski definition) is 3. The van der Waals surface area contributed by atoms with E-state index in [9.17, 15) is 4.79 Å². The van der Waals surface area contributed by atoms with Crippen molar-refractivity contribution in [1.82, 2.24) is 4.90 Å². The number of hydrogen-bond acceptors (Lipinski definition) is 5.